The number of carbonyl (C=O) groups is 1. The summed E-state index contributed by atoms with van der Waals surface area (Å²) in [5.74, 6) is 0. The Kier molecular flexibility index (Phi) is 5.84. The van der Waals surface area contributed by atoms with Gasteiger partial charge in [0.05, 0.1) is 0 Å². The van der Waals surface area contributed by atoms with Crippen LogP contribution in [-0.4, -0.2) is 23.5 Å². The van der Waals surface area contributed by atoms with E-state index >= 15 is 0 Å². The molecule has 0 spiro atoms. The van der Waals surface area contributed by atoms with E-state index in [4.69, 9.17) is 14.8 Å². The van der Waals surface area contributed by atoms with E-state index in [1.165, 1.54) is 6.92 Å². The predicted octanol–water partition coefficient (Wildman–Crippen LogP) is 0.188. The van der Waals surface area contributed by atoms with Crippen LogP contribution in [0.3, 0.4) is 0 Å². The number of carbonyl (C=O) groups excluding carboxylic acids is 1. The van der Waals surface area contributed by atoms with Crippen molar-refractivity contribution in [3.63, 3.8) is 0 Å². The van der Waals surface area contributed by atoms with Crippen molar-refractivity contribution in [2.45, 2.75) is 20.8 Å². The summed E-state index contributed by atoms with van der Waals surface area (Å²) in [6, 6.07) is 5.37. The molecule has 3 nitrogen and oxygen atoms in total. The molecule has 1 rings (SSSR count). The van der Waals surface area contributed by atoms with Crippen molar-refractivity contribution < 1.29 is 14.8 Å². The summed E-state index contributed by atoms with van der Waals surface area (Å²) in [7, 11) is -1.35. The SMILES string of the molecule is CC=O.Cc1ccc(B(O)O)cc1C. The molecule has 0 aliphatic carbocycles. The Hall–Kier alpha value is -1.13. The number of aldehydes is 1. The first-order valence-electron chi connectivity index (χ1n) is 4.36. The fourth-order valence-corrected chi connectivity index (χ4v) is 0.925. The van der Waals surface area contributed by atoms with E-state index in [2.05, 4.69) is 0 Å². The summed E-state index contributed by atoms with van der Waals surface area (Å²) in [4.78, 5) is 8.81. The van der Waals surface area contributed by atoms with Crippen molar-refractivity contribution in [3.8, 4) is 0 Å². The lowest BCUT2D eigenvalue weighted by molar-refractivity contribution is -0.106. The minimum atomic E-state index is -1.35. The standard InChI is InChI=1S/C8H11BO2.C2H4O/c1-6-3-4-8(9(10)11)5-7(6)2;1-2-3/h3-5,10-11H,1-2H3;2H,1H3. The van der Waals surface area contributed by atoms with Gasteiger partial charge in [0.2, 0.25) is 0 Å². The van der Waals surface area contributed by atoms with E-state index in [1.807, 2.05) is 19.9 Å². The van der Waals surface area contributed by atoms with Crippen LogP contribution < -0.4 is 5.46 Å². The molecular weight excluding hydrogens is 179 g/mol. The van der Waals surface area contributed by atoms with Crippen LogP contribution >= 0.6 is 0 Å². The molecule has 0 radical (unpaired) electrons. The lowest BCUT2D eigenvalue weighted by Crippen LogP contribution is -2.29. The van der Waals surface area contributed by atoms with E-state index in [0.717, 1.165) is 17.4 Å². The van der Waals surface area contributed by atoms with Crippen molar-refractivity contribution >= 4 is 18.9 Å². The maximum atomic E-state index is 8.81. The van der Waals surface area contributed by atoms with Gasteiger partial charge in [0.15, 0.2) is 0 Å². The third-order valence-electron chi connectivity index (χ3n) is 1.83. The third-order valence-corrected chi connectivity index (χ3v) is 1.83. The molecule has 4 heteroatoms. The van der Waals surface area contributed by atoms with Crippen LogP contribution in [0.4, 0.5) is 0 Å². The topological polar surface area (TPSA) is 57.5 Å². The molecule has 1 aromatic carbocycles. The zero-order chi connectivity index (χ0) is 11.1. The van der Waals surface area contributed by atoms with Gasteiger partial charge in [0.25, 0.3) is 0 Å². The minimum absolute atomic E-state index is 0.549. The Bertz CT molecular complexity index is 297. The number of hydrogen-bond acceptors (Lipinski definition) is 3. The summed E-state index contributed by atoms with van der Waals surface area (Å²) in [5, 5.41) is 17.6. The molecule has 0 heterocycles. The highest BCUT2D eigenvalue weighted by Crippen LogP contribution is 2.02. The molecule has 2 N–H and O–H groups in total. The summed E-state index contributed by atoms with van der Waals surface area (Å²) >= 11 is 0. The molecule has 0 unspecified atom stereocenters. The third kappa shape index (κ3) is 4.21. The Morgan fingerprint density at radius 1 is 1.21 bits per heavy atom. The highest BCUT2D eigenvalue weighted by atomic mass is 16.4. The Labute approximate surface area is 84.5 Å². The van der Waals surface area contributed by atoms with Gasteiger partial charge < -0.3 is 14.8 Å². The first kappa shape index (κ1) is 12.9. The van der Waals surface area contributed by atoms with Gasteiger partial charge in [-0.1, -0.05) is 18.2 Å². The fraction of sp³-hybridized carbons (Fsp3) is 0.300. The molecule has 0 aliphatic heterocycles. The van der Waals surface area contributed by atoms with Gasteiger partial charge in [-0.05, 0) is 37.4 Å². The van der Waals surface area contributed by atoms with Crippen LogP contribution in [0.5, 0.6) is 0 Å². The van der Waals surface area contributed by atoms with Gasteiger partial charge in [-0.15, -0.1) is 0 Å². The smallest absolute Gasteiger partial charge is 0.423 e. The van der Waals surface area contributed by atoms with Crippen LogP contribution in [-0.2, 0) is 4.79 Å². The second-order valence-electron chi connectivity index (χ2n) is 2.95. The number of benzene rings is 1. The largest absolute Gasteiger partial charge is 0.488 e. The highest BCUT2D eigenvalue weighted by Gasteiger charge is 2.10. The van der Waals surface area contributed by atoms with Crippen LogP contribution in [0.2, 0.25) is 0 Å². The summed E-state index contributed by atoms with van der Waals surface area (Å²) in [6.45, 7) is 5.38. The van der Waals surface area contributed by atoms with Crippen LogP contribution in [0.15, 0.2) is 18.2 Å². The number of aryl methyl sites for hydroxylation is 2. The van der Waals surface area contributed by atoms with Crippen LogP contribution in [0.25, 0.3) is 0 Å². The van der Waals surface area contributed by atoms with Gasteiger partial charge >= 0.3 is 7.12 Å². The van der Waals surface area contributed by atoms with Gasteiger partial charge in [0, 0.05) is 0 Å². The molecule has 0 aromatic heterocycles. The van der Waals surface area contributed by atoms with E-state index in [-0.39, 0.29) is 0 Å². The first-order valence-corrected chi connectivity index (χ1v) is 4.36. The van der Waals surface area contributed by atoms with E-state index in [1.54, 1.807) is 12.1 Å². The summed E-state index contributed by atoms with van der Waals surface area (Å²) < 4.78 is 0. The van der Waals surface area contributed by atoms with E-state index in [0.29, 0.717) is 5.46 Å². The second-order valence-corrected chi connectivity index (χ2v) is 2.95. The molecule has 0 atom stereocenters. The molecule has 0 aliphatic rings. The van der Waals surface area contributed by atoms with Gasteiger partial charge in [-0.3, -0.25) is 0 Å². The van der Waals surface area contributed by atoms with E-state index in [9.17, 15) is 0 Å². The molecule has 14 heavy (non-hydrogen) atoms. The molecule has 0 saturated carbocycles. The molecular formula is C10H15BO3. The second kappa shape index (κ2) is 6.35. The van der Waals surface area contributed by atoms with Crippen LogP contribution in [0, 0.1) is 13.8 Å². The van der Waals surface area contributed by atoms with Gasteiger partial charge in [-0.25, -0.2) is 0 Å². The predicted molar refractivity (Wildman–Crippen MR) is 57.5 cm³/mol. The Morgan fingerprint density at radius 2 is 1.71 bits per heavy atom. The monoisotopic (exact) mass is 194 g/mol. The number of hydrogen-bond donors (Lipinski definition) is 2. The van der Waals surface area contributed by atoms with E-state index < -0.39 is 7.12 Å². The lowest BCUT2D eigenvalue weighted by atomic mass is 9.79. The average molecular weight is 194 g/mol. The average Bonchev–Trinajstić information content (AvgIpc) is 2.10. The fourth-order valence-electron chi connectivity index (χ4n) is 0.925. The molecule has 0 amide bonds. The maximum Gasteiger partial charge on any atom is 0.488 e. The quantitative estimate of drug-likeness (QED) is 0.495. The minimum Gasteiger partial charge on any atom is -0.423 e. The van der Waals surface area contributed by atoms with Gasteiger partial charge in [0.1, 0.15) is 6.29 Å². The van der Waals surface area contributed by atoms with Crippen molar-refractivity contribution in [2.24, 2.45) is 0 Å². The van der Waals surface area contributed by atoms with Crippen molar-refractivity contribution in [1.82, 2.24) is 0 Å². The lowest BCUT2D eigenvalue weighted by Gasteiger charge is -2.02. The number of rotatable bonds is 1. The maximum absolute atomic E-state index is 8.81. The van der Waals surface area contributed by atoms with Crippen molar-refractivity contribution in [2.75, 3.05) is 0 Å². The molecule has 1 aromatic rings. The summed E-state index contributed by atoms with van der Waals surface area (Å²) in [5.41, 5.74) is 2.79. The highest BCUT2D eigenvalue weighted by molar-refractivity contribution is 6.58. The van der Waals surface area contributed by atoms with Gasteiger partial charge in [-0.2, -0.15) is 0 Å². The molecule has 76 valence electrons. The Morgan fingerprint density at radius 3 is 2.07 bits per heavy atom. The normalized spacial score (nSPS) is 8.64. The van der Waals surface area contributed by atoms with Crippen molar-refractivity contribution in [3.05, 3.63) is 29.3 Å². The first-order chi connectivity index (χ1) is 6.52. The Balaban J connectivity index is 0.000000500. The zero-order valence-corrected chi connectivity index (χ0v) is 8.69. The zero-order valence-electron chi connectivity index (χ0n) is 8.69. The van der Waals surface area contributed by atoms with Crippen LogP contribution in [0.1, 0.15) is 18.1 Å². The van der Waals surface area contributed by atoms with Crippen molar-refractivity contribution in [1.29, 1.82) is 0 Å². The molecule has 0 bridgehead atoms. The summed E-state index contributed by atoms with van der Waals surface area (Å²) in [6.07, 6.45) is 0.750. The molecule has 0 fully saturated rings. The molecule has 0 saturated heterocycles.